The van der Waals surface area contributed by atoms with Gasteiger partial charge in [0.05, 0.1) is 4.91 Å². The van der Waals surface area contributed by atoms with E-state index in [1.54, 1.807) is 6.08 Å². The second-order valence-electron chi connectivity index (χ2n) is 9.49. The number of ether oxygens (including phenoxy) is 1. The third-order valence-corrected chi connectivity index (χ3v) is 7.66. The van der Waals surface area contributed by atoms with E-state index >= 15 is 0 Å². The van der Waals surface area contributed by atoms with E-state index < -0.39 is 23.7 Å². The van der Waals surface area contributed by atoms with Gasteiger partial charge in [0, 0.05) is 23.1 Å². The number of aromatic nitrogens is 1. The van der Waals surface area contributed by atoms with Gasteiger partial charge in [-0.2, -0.15) is 0 Å². The number of hydrogen-bond acceptors (Lipinski definition) is 5. The maximum Gasteiger partial charge on any atom is 0.323 e. The highest BCUT2D eigenvalue weighted by molar-refractivity contribution is 8.18. The Morgan fingerprint density at radius 3 is 2.40 bits per heavy atom. The van der Waals surface area contributed by atoms with Crippen molar-refractivity contribution in [1.82, 2.24) is 9.47 Å². The van der Waals surface area contributed by atoms with Gasteiger partial charge in [0.15, 0.2) is 0 Å². The Morgan fingerprint density at radius 2 is 1.60 bits per heavy atom. The minimum atomic E-state index is -1.24. The van der Waals surface area contributed by atoms with E-state index in [1.165, 1.54) is 0 Å². The highest BCUT2D eigenvalue weighted by atomic mass is 32.2. The number of carbonyl (C=O) groups is 3. The van der Waals surface area contributed by atoms with Crippen molar-refractivity contribution in [1.29, 1.82) is 0 Å². The van der Waals surface area contributed by atoms with Crippen molar-refractivity contribution in [3.05, 3.63) is 119 Å². The maximum absolute atomic E-state index is 12.9. The first-order chi connectivity index (χ1) is 19.4. The molecule has 198 valence electrons. The molecule has 7 nitrogen and oxygen atoms in total. The predicted molar refractivity (Wildman–Crippen MR) is 156 cm³/mol. The van der Waals surface area contributed by atoms with Crippen LogP contribution in [0.5, 0.6) is 5.75 Å². The molecule has 6 rings (SSSR count). The van der Waals surface area contributed by atoms with Crippen LogP contribution in [0.1, 0.15) is 16.8 Å². The largest absolute Gasteiger partial charge is 0.489 e. The lowest BCUT2D eigenvalue weighted by molar-refractivity contribution is -0.140. The third kappa shape index (κ3) is 5.21. The maximum atomic E-state index is 12.9. The molecule has 2 heterocycles. The molecular weight excluding hydrogens is 524 g/mol. The quantitative estimate of drug-likeness (QED) is 0.222. The van der Waals surface area contributed by atoms with Gasteiger partial charge in [-0.25, -0.2) is 0 Å². The lowest BCUT2D eigenvalue weighted by Gasteiger charge is -2.11. The van der Waals surface area contributed by atoms with E-state index in [9.17, 15) is 14.4 Å². The summed E-state index contributed by atoms with van der Waals surface area (Å²) in [6, 6.07) is 32.2. The van der Waals surface area contributed by atoms with E-state index in [1.807, 2.05) is 66.7 Å². The van der Waals surface area contributed by atoms with Crippen LogP contribution in [0.2, 0.25) is 0 Å². The van der Waals surface area contributed by atoms with Crippen LogP contribution in [-0.2, 0) is 22.7 Å². The van der Waals surface area contributed by atoms with E-state index in [-0.39, 0.29) is 4.91 Å². The summed E-state index contributed by atoms with van der Waals surface area (Å²) in [6.07, 6.45) is 1.66. The van der Waals surface area contributed by atoms with Gasteiger partial charge in [-0.15, -0.1) is 0 Å². The van der Waals surface area contributed by atoms with Crippen LogP contribution in [0.4, 0.5) is 4.79 Å². The minimum Gasteiger partial charge on any atom is -0.489 e. The van der Waals surface area contributed by atoms with Gasteiger partial charge in [0.2, 0.25) is 0 Å². The van der Waals surface area contributed by atoms with Crippen molar-refractivity contribution in [2.24, 2.45) is 0 Å². The fourth-order valence-electron chi connectivity index (χ4n) is 4.82. The number of aliphatic carboxylic acids is 1. The molecule has 0 saturated carbocycles. The van der Waals surface area contributed by atoms with Crippen LogP contribution in [0.25, 0.3) is 27.8 Å². The van der Waals surface area contributed by atoms with Gasteiger partial charge in [0.25, 0.3) is 11.1 Å². The van der Waals surface area contributed by atoms with Crippen LogP contribution in [0, 0.1) is 0 Å². The molecule has 1 aliphatic rings. The molecule has 0 radical (unpaired) electrons. The number of carbonyl (C=O) groups excluding carboxylic acids is 2. The van der Waals surface area contributed by atoms with Gasteiger partial charge < -0.3 is 14.4 Å². The molecule has 0 unspecified atom stereocenters. The van der Waals surface area contributed by atoms with Crippen molar-refractivity contribution in [2.75, 3.05) is 6.54 Å². The average Bonchev–Trinajstić information content (AvgIpc) is 3.42. The highest BCUT2D eigenvalue weighted by Crippen LogP contribution is 2.34. The molecule has 1 fully saturated rings. The van der Waals surface area contributed by atoms with Crippen molar-refractivity contribution in [3.8, 4) is 5.75 Å². The molecule has 4 aromatic carbocycles. The Labute approximate surface area is 234 Å². The SMILES string of the molecule is O=C(O)CN1C(=O)S/C(=C\c2cc3cc(OCc4ccccc4)ccc3n2Cc2ccc3ccccc3c2)C1=O. The Balaban J connectivity index is 1.38. The number of fused-ring (bicyclic) bond motifs is 2. The molecule has 0 bridgehead atoms. The average molecular weight is 549 g/mol. The molecule has 1 aromatic heterocycles. The third-order valence-electron chi connectivity index (χ3n) is 6.75. The minimum absolute atomic E-state index is 0.189. The smallest absolute Gasteiger partial charge is 0.323 e. The summed E-state index contributed by atoms with van der Waals surface area (Å²) in [4.78, 5) is 37.4. The zero-order valence-corrected chi connectivity index (χ0v) is 22.1. The van der Waals surface area contributed by atoms with Crippen molar-refractivity contribution in [3.63, 3.8) is 0 Å². The molecule has 40 heavy (non-hydrogen) atoms. The van der Waals surface area contributed by atoms with Crippen LogP contribution < -0.4 is 4.74 Å². The van der Waals surface area contributed by atoms with Crippen LogP contribution >= 0.6 is 11.8 Å². The Kier molecular flexibility index (Phi) is 6.84. The summed E-state index contributed by atoms with van der Waals surface area (Å²) in [5.41, 5.74) is 3.81. The fourth-order valence-corrected chi connectivity index (χ4v) is 5.65. The zero-order valence-electron chi connectivity index (χ0n) is 21.3. The molecule has 5 aromatic rings. The predicted octanol–water partition coefficient (Wildman–Crippen LogP) is 6.54. The summed E-state index contributed by atoms with van der Waals surface area (Å²) in [5, 5.41) is 11.7. The molecule has 2 amide bonds. The normalized spacial score (nSPS) is 14.5. The molecule has 1 saturated heterocycles. The molecule has 0 aliphatic carbocycles. The number of thioether (sulfide) groups is 1. The molecule has 0 atom stereocenters. The van der Waals surface area contributed by atoms with Gasteiger partial charge in [-0.3, -0.25) is 19.3 Å². The first kappa shape index (κ1) is 25.5. The number of imide groups is 1. The topological polar surface area (TPSA) is 88.8 Å². The first-order valence-electron chi connectivity index (χ1n) is 12.7. The van der Waals surface area contributed by atoms with Crippen LogP contribution in [0.3, 0.4) is 0 Å². The number of hydrogen-bond donors (Lipinski definition) is 1. The Hall–Kier alpha value is -4.82. The van der Waals surface area contributed by atoms with E-state index in [4.69, 9.17) is 9.84 Å². The standard InChI is InChI=1S/C32H24N2O5S/c35-30(36)19-34-31(37)29(40-32(34)38)17-26-15-25-16-27(39-20-21-6-2-1-3-7-21)12-13-28(25)33(26)18-22-10-11-23-8-4-5-9-24(23)14-22/h1-17H,18-20H2,(H,35,36)/b29-17-. The second-order valence-corrected chi connectivity index (χ2v) is 10.5. The number of benzene rings is 4. The summed E-state index contributed by atoms with van der Waals surface area (Å²) >= 11 is 0.751. The van der Waals surface area contributed by atoms with E-state index in [2.05, 4.69) is 34.9 Å². The zero-order chi connectivity index (χ0) is 27.6. The van der Waals surface area contributed by atoms with Gasteiger partial charge in [-0.1, -0.05) is 66.7 Å². The van der Waals surface area contributed by atoms with E-state index in [0.29, 0.717) is 18.9 Å². The van der Waals surface area contributed by atoms with Crippen LogP contribution in [0.15, 0.2) is 102 Å². The van der Waals surface area contributed by atoms with E-state index in [0.717, 1.165) is 55.2 Å². The van der Waals surface area contributed by atoms with Crippen molar-refractivity contribution in [2.45, 2.75) is 13.2 Å². The summed E-state index contributed by atoms with van der Waals surface area (Å²) in [7, 11) is 0. The summed E-state index contributed by atoms with van der Waals surface area (Å²) in [5.74, 6) is -1.13. The first-order valence-corrected chi connectivity index (χ1v) is 13.5. The monoisotopic (exact) mass is 548 g/mol. The van der Waals surface area contributed by atoms with Gasteiger partial charge >= 0.3 is 5.97 Å². The number of rotatable bonds is 8. The Morgan fingerprint density at radius 1 is 0.825 bits per heavy atom. The number of carboxylic acids is 1. The highest BCUT2D eigenvalue weighted by Gasteiger charge is 2.36. The molecular formula is C32H24N2O5S. The molecule has 1 aliphatic heterocycles. The summed E-state index contributed by atoms with van der Waals surface area (Å²) < 4.78 is 8.13. The van der Waals surface area contributed by atoms with Gasteiger partial charge in [0.1, 0.15) is 18.9 Å². The fraction of sp³-hybridized carbons (Fsp3) is 0.0938. The molecule has 8 heteroatoms. The van der Waals surface area contributed by atoms with Crippen molar-refractivity contribution < 1.29 is 24.2 Å². The Bertz CT molecular complexity index is 1810. The summed E-state index contributed by atoms with van der Waals surface area (Å²) in [6.45, 7) is 0.307. The number of amides is 2. The van der Waals surface area contributed by atoms with Crippen molar-refractivity contribution >= 4 is 56.6 Å². The van der Waals surface area contributed by atoms with Crippen LogP contribution in [-0.4, -0.2) is 38.2 Å². The second kappa shape index (κ2) is 10.7. The number of carboxylic acid groups (broad SMARTS) is 1. The molecule has 0 spiro atoms. The van der Waals surface area contributed by atoms with Gasteiger partial charge in [-0.05, 0) is 70.1 Å². The lowest BCUT2D eigenvalue weighted by Crippen LogP contribution is -2.33. The molecule has 1 N–H and O–H groups in total. The number of nitrogens with zero attached hydrogens (tertiary/aromatic N) is 2. The lowest BCUT2D eigenvalue weighted by atomic mass is 10.1.